The molecule has 0 aliphatic rings. The minimum Gasteiger partial charge on any atom is -0.497 e. The van der Waals surface area contributed by atoms with E-state index >= 15 is 0 Å². The third kappa shape index (κ3) is 3.56. The molecule has 4 nitrogen and oxygen atoms in total. The summed E-state index contributed by atoms with van der Waals surface area (Å²) in [6.07, 6.45) is 1.50. The average molecular weight is 347 g/mol. The Hall–Kier alpha value is -2.01. The van der Waals surface area contributed by atoms with E-state index in [1.807, 2.05) is 49.6 Å². The van der Waals surface area contributed by atoms with Gasteiger partial charge in [0.25, 0.3) is 0 Å². The first-order chi connectivity index (χ1) is 11.2. The molecule has 1 aromatic heterocycles. The Kier molecular flexibility index (Phi) is 6.26. The molecule has 1 heterocycles. The average Bonchev–Trinajstić information content (AvgIpc) is 2.99. The van der Waals surface area contributed by atoms with E-state index in [0.717, 1.165) is 22.2 Å². The van der Waals surface area contributed by atoms with Gasteiger partial charge in [-0.05, 0) is 36.9 Å². The van der Waals surface area contributed by atoms with Crippen molar-refractivity contribution in [3.05, 3.63) is 66.4 Å². The van der Waals surface area contributed by atoms with Crippen LogP contribution in [-0.4, -0.2) is 36.5 Å². The maximum Gasteiger partial charge on any atom is 0.119 e. The molecule has 0 radical (unpaired) electrons. The number of methoxy groups -OCH3 is 1. The van der Waals surface area contributed by atoms with Crippen LogP contribution in [0.1, 0.15) is 11.6 Å². The van der Waals surface area contributed by atoms with Crippen LogP contribution in [0.2, 0.25) is 0 Å². The van der Waals surface area contributed by atoms with Crippen LogP contribution in [0.4, 0.5) is 0 Å². The second-order valence-electron chi connectivity index (χ2n) is 5.63. The number of aromatic nitrogens is 1. The van der Waals surface area contributed by atoms with E-state index in [9.17, 15) is 5.11 Å². The van der Waals surface area contributed by atoms with E-state index in [1.165, 1.54) is 0 Å². The minimum atomic E-state index is -0.528. The Morgan fingerprint density at radius 2 is 1.88 bits per heavy atom. The molecule has 0 spiro atoms. The molecule has 0 aliphatic carbocycles. The molecule has 0 saturated heterocycles. The normalized spacial score (nSPS) is 13.3. The van der Waals surface area contributed by atoms with Crippen LogP contribution in [0.25, 0.3) is 10.9 Å². The van der Waals surface area contributed by atoms with Crippen molar-refractivity contribution in [2.45, 2.75) is 12.1 Å². The number of ether oxygens (including phenoxy) is 1. The monoisotopic (exact) mass is 346 g/mol. The summed E-state index contributed by atoms with van der Waals surface area (Å²) in [5.74, 6) is 0.835. The molecule has 0 bridgehead atoms. The number of rotatable bonds is 6. The summed E-state index contributed by atoms with van der Waals surface area (Å²) >= 11 is 0. The number of hydrogen-bond donors (Lipinski definition) is 2. The Morgan fingerprint density at radius 3 is 2.54 bits per heavy atom. The van der Waals surface area contributed by atoms with Crippen LogP contribution in [0, 0.1) is 0 Å². The zero-order chi connectivity index (χ0) is 16.2. The number of halogens is 1. The van der Waals surface area contributed by atoms with Crippen LogP contribution in [0.3, 0.4) is 0 Å². The molecule has 0 saturated carbocycles. The second kappa shape index (κ2) is 8.20. The molecular formula is C19H23ClN2O2. The maximum absolute atomic E-state index is 10.7. The van der Waals surface area contributed by atoms with Crippen LogP contribution < -0.4 is 10.1 Å². The molecule has 24 heavy (non-hydrogen) atoms. The quantitative estimate of drug-likeness (QED) is 0.720. The first-order valence-electron chi connectivity index (χ1n) is 7.77. The third-order valence-corrected chi connectivity index (χ3v) is 4.15. The topological polar surface area (TPSA) is 46.4 Å². The highest BCUT2D eigenvalue weighted by Gasteiger charge is 2.23. The zero-order valence-electron chi connectivity index (χ0n) is 13.8. The highest BCUT2D eigenvalue weighted by atomic mass is 35.5. The third-order valence-electron chi connectivity index (χ3n) is 4.15. The van der Waals surface area contributed by atoms with Crippen molar-refractivity contribution in [3.63, 3.8) is 0 Å². The lowest BCUT2D eigenvalue weighted by Gasteiger charge is -2.26. The van der Waals surface area contributed by atoms with Crippen molar-refractivity contribution in [2.24, 2.45) is 0 Å². The van der Waals surface area contributed by atoms with Gasteiger partial charge in [-0.3, -0.25) is 0 Å². The molecule has 2 aromatic carbocycles. The standard InChI is InChI=1S/C19H22N2O2.ClH/c1-20-13-18(22)19(14-6-4-3-5-7-14)21-11-10-15-12-16(23-2)8-9-17(15)21;/h3-12,18-20,22H,13H2,1-2H3;1H/t18-,19+;/m1./s1. The molecule has 0 unspecified atom stereocenters. The van der Waals surface area contributed by atoms with Crippen molar-refractivity contribution in [2.75, 3.05) is 20.7 Å². The summed E-state index contributed by atoms with van der Waals surface area (Å²) in [5, 5.41) is 14.8. The molecule has 3 rings (SSSR count). The number of benzene rings is 2. The number of aliphatic hydroxyl groups is 1. The SMILES string of the molecule is CNC[C@@H](O)[C@H](c1ccccc1)n1ccc2cc(OC)ccc21.Cl. The lowest BCUT2D eigenvalue weighted by atomic mass is 10.0. The van der Waals surface area contributed by atoms with Crippen molar-refractivity contribution in [3.8, 4) is 5.75 Å². The van der Waals surface area contributed by atoms with Crippen LogP contribution >= 0.6 is 12.4 Å². The molecule has 0 fully saturated rings. The first kappa shape index (κ1) is 18.3. The van der Waals surface area contributed by atoms with Crippen molar-refractivity contribution >= 4 is 23.3 Å². The summed E-state index contributed by atoms with van der Waals surface area (Å²) < 4.78 is 7.43. The second-order valence-corrected chi connectivity index (χ2v) is 5.63. The first-order valence-corrected chi connectivity index (χ1v) is 7.77. The number of hydrogen-bond acceptors (Lipinski definition) is 3. The molecule has 128 valence electrons. The van der Waals surface area contributed by atoms with Crippen molar-refractivity contribution in [1.29, 1.82) is 0 Å². The largest absolute Gasteiger partial charge is 0.497 e. The number of fused-ring (bicyclic) bond motifs is 1. The fourth-order valence-corrected chi connectivity index (χ4v) is 3.05. The van der Waals surface area contributed by atoms with Gasteiger partial charge in [-0.2, -0.15) is 0 Å². The molecule has 0 aliphatic heterocycles. The van der Waals surface area contributed by atoms with Crippen molar-refractivity contribution in [1.82, 2.24) is 9.88 Å². The maximum atomic E-state index is 10.7. The van der Waals surface area contributed by atoms with Gasteiger partial charge in [-0.15, -0.1) is 12.4 Å². The lowest BCUT2D eigenvalue weighted by Crippen LogP contribution is -2.33. The van der Waals surface area contributed by atoms with Gasteiger partial charge >= 0.3 is 0 Å². The zero-order valence-corrected chi connectivity index (χ0v) is 14.7. The van der Waals surface area contributed by atoms with Gasteiger partial charge in [0.1, 0.15) is 5.75 Å². The molecule has 2 atom stereocenters. The van der Waals surface area contributed by atoms with Crippen LogP contribution in [0.5, 0.6) is 5.75 Å². The van der Waals surface area contributed by atoms with Gasteiger partial charge in [0.05, 0.1) is 19.3 Å². The molecular weight excluding hydrogens is 324 g/mol. The highest BCUT2D eigenvalue weighted by molar-refractivity contribution is 5.85. The number of nitrogens with one attached hydrogen (secondary N) is 1. The minimum absolute atomic E-state index is 0. The number of likely N-dealkylation sites (N-methyl/N-ethyl adjacent to an activating group) is 1. The molecule has 0 amide bonds. The summed E-state index contributed by atoms with van der Waals surface area (Å²) in [6, 6.07) is 18.0. The van der Waals surface area contributed by atoms with Crippen LogP contribution in [-0.2, 0) is 0 Å². The van der Waals surface area contributed by atoms with Crippen molar-refractivity contribution < 1.29 is 9.84 Å². The Balaban J connectivity index is 0.00000208. The summed E-state index contributed by atoms with van der Waals surface area (Å²) in [4.78, 5) is 0. The fourth-order valence-electron chi connectivity index (χ4n) is 3.05. The summed E-state index contributed by atoms with van der Waals surface area (Å²) in [7, 11) is 3.52. The van der Waals surface area contributed by atoms with Gasteiger partial charge in [0.2, 0.25) is 0 Å². The van der Waals surface area contributed by atoms with E-state index in [0.29, 0.717) is 6.54 Å². The molecule has 5 heteroatoms. The van der Waals surface area contributed by atoms with E-state index < -0.39 is 6.10 Å². The van der Waals surface area contributed by atoms with Crippen LogP contribution in [0.15, 0.2) is 60.8 Å². The molecule has 2 N–H and O–H groups in total. The predicted octanol–water partition coefficient (Wildman–Crippen LogP) is 3.24. The van der Waals surface area contributed by atoms with Gasteiger partial charge < -0.3 is 19.7 Å². The van der Waals surface area contributed by atoms with E-state index in [-0.39, 0.29) is 18.4 Å². The number of nitrogens with zero attached hydrogens (tertiary/aromatic N) is 1. The number of aliphatic hydroxyl groups excluding tert-OH is 1. The smallest absolute Gasteiger partial charge is 0.119 e. The van der Waals surface area contributed by atoms with Gasteiger partial charge in [-0.1, -0.05) is 30.3 Å². The van der Waals surface area contributed by atoms with E-state index in [1.54, 1.807) is 7.11 Å². The molecule has 3 aromatic rings. The lowest BCUT2D eigenvalue weighted by molar-refractivity contribution is 0.132. The predicted molar refractivity (Wildman–Crippen MR) is 100 cm³/mol. The van der Waals surface area contributed by atoms with E-state index in [2.05, 4.69) is 28.1 Å². The summed E-state index contributed by atoms with van der Waals surface area (Å²) in [5.41, 5.74) is 2.17. The Bertz CT molecular complexity index is 773. The van der Waals surface area contributed by atoms with E-state index in [4.69, 9.17) is 4.74 Å². The van der Waals surface area contributed by atoms with Gasteiger partial charge in [0.15, 0.2) is 0 Å². The Morgan fingerprint density at radius 1 is 1.12 bits per heavy atom. The highest BCUT2D eigenvalue weighted by Crippen LogP contribution is 2.29. The Labute approximate surface area is 148 Å². The van der Waals surface area contributed by atoms with Gasteiger partial charge in [0, 0.05) is 23.6 Å². The summed E-state index contributed by atoms with van der Waals surface area (Å²) in [6.45, 7) is 0.523. The van der Waals surface area contributed by atoms with Gasteiger partial charge in [-0.25, -0.2) is 0 Å². The fraction of sp³-hybridized carbons (Fsp3) is 0.263.